The molecule has 3 heterocycles. The molecule has 53 heavy (non-hydrogen) atoms. The maximum atomic E-state index is 14.1. The molecule has 0 unspecified atom stereocenters. The van der Waals surface area contributed by atoms with Crippen LogP contribution in [-0.4, -0.2) is 127 Å². The number of carbonyl (C=O) groups excluding carboxylic acids is 3. The van der Waals surface area contributed by atoms with E-state index in [4.69, 9.17) is 30.9 Å². The standard InChI is InChI=1S/C28H31F5N6O4.C4H6O6/c1-26(2,34)24(41)36-21(14-43-13-17-6-7-18(29)11-20(17)30)23(40)38-10-8-22-27(15-38,12-19-5-3-4-9-35-19)25(42)39(37-22)16-28(31,32)33;5-1(3(7)8)2(6)4(9)10/h3-7,9,11,21H,8,10,12-16,34H2,1-2H3,(H,36,41);1-2,5-6H,(H,7,8)(H,9,10)/t21-,27-;1-,2-/m11/s1. The van der Waals surface area contributed by atoms with Crippen molar-refractivity contribution in [2.24, 2.45) is 16.3 Å². The number of hydrazone groups is 1. The monoisotopic (exact) mass is 760 g/mol. The number of pyridine rings is 1. The average molecular weight is 761 g/mol. The Morgan fingerprint density at radius 1 is 1.06 bits per heavy atom. The van der Waals surface area contributed by atoms with Gasteiger partial charge in [0, 0.05) is 49.5 Å². The van der Waals surface area contributed by atoms with E-state index in [-0.39, 0.29) is 43.8 Å². The number of ether oxygens (including phenoxy) is 1. The number of aliphatic hydroxyl groups excluding tert-OH is 2. The highest BCUT2D eigenvalue weighted by molar-refractivity contribution is 6.14. The normalized spacial score (nSPS) is 18.9. The Kier molecular flexibility index (Phi) is 13.7. The molecular weight excluding hydrogens is 723 g/mol. The molecule has 1 fully saturated rings. The number of carbonyl (C=O) groups is 5. The molecule has 4 rings (SSSR count). The van der Waals surface area contributed by atoms with Crippen molar-refractivity contribution < 1.29 is 71.1 Å². The quantitative estimate of drug-likeness (QED) is 0.150. The lowest BCUT2D eigenvalue weighted by atomic mass is 9.74. The van der Waals surface area contributed by atoms with E-state index in [1.165, 1.54) is 31.0 Å². The zero-order valence-electron chi connectivity index (χ0n) is 28.2. The molecule has 21 heteroatoms. The Bertz CT molecular complexity index is 1690. The molecular formula is C32H37F5N6O10. The first kappa shape index (κ1) is 42.3. The highest BCUT2D eigenvalue weighted by Crippen LogP contribution is 2.39. The largest absolute Gasteiger partial charge is 0.479 e. The summed E-state index contributed by atoms with van der Waals surface area (Å²) in [5.74, 6) is -7.51. The van der Waals surface area contributed by atoms with Gasteiger partial charge in [-0.25, -0.2) is 23.4 Å². The van der Waals surface area contributed by atoms with Crippen molar-refractivity contribution in [2.45, 2.75) is 63.3 Å². The molecule has 1 saturated heterocycles. The van der Waals surface area contributed by atoms with Crippen molar-refractivity contribution in [3.05, 3.63) is 65.5 Å². The topological polar surface area (TPSA) is 245 Å². The molecule has 0 saturated carbocycles. The van der Waals surface area contributed by atoms with E-state index in [1.54, 1.807) is 18.2 Å². The van der Waals surface area contributed by atoms with Gasteiger partial charge in [-0.15, -0.1) is 0 Å². The van der Waals surface area contributed by atoms with Crippen LogP contribution in [0.15, 0.2) is 47.7 Å². The van der Waals surface area contributed by atoms with E-state index >= 15 is 0 Å². The van der Waals surface area contributed by atoms with E-state index < -0.39 is 89.8 Å². The number of halogens is 5. The molecule has 0 spiro atoms. The molecule has 0 bridgehead atoms. The molecule has 2 aliphatic heterocycles. The lowest BCUT2D eigenvalue weighted by Gasteiger charge is -2.40. The van der Waals surface area contributed by atoms with Crippen LogP contribution in [0.1, 0.15) is 31.5 Å². The number of amides is 3. The van der Waals surface area contributed by atoms with Crippen LogP contribution in [0.2, 0.25) is 0 Å². The van der Waals surface area contributed by atoms with Gasteiger partial charge in [0.2, 0.25) is 11.8 Å². The van der Waals surface area contributed by atoms with E-state index in [1.807, 2.05) is 0 Å². The first-order valence-corrected chi connectivity index (χ1v) is 15.6. The van der Waals surface area contributed by atoms with Gasteiger partial charge in [0.05, 0.1) is 24.5 Å². The van der Waals surface area contributed by atoms with E-state index in [0.29, 0.717) is 16.8 Å². The van der Waals surface area contributed by atoms with Crippen LogP contribution < -0.4 is 11.1 Å². The van der Waals surface area contributed by atoms with Crippen molar-refractivity contribution >= 4 is 35.4 Å². The second-order valence-electron chi connectivity index (χ2n) is 12.7. The summed E-state index contributed by atoms with van der Waals surface area (Å²) in [5, 5.41) is 39.4. The zero-order chi connectivity index (χ0) is 39.9. The van der Waals surface area contributed by atoms with Gasteiger partial charge in [-0.1, -0.05) is 12.1 Å². The molecule has 290 valence electrons. The summed E-state index contributed by atoms with van der Waals surface area (Å²) in [7, 11) is 0. The summed E-state index contributed by atoms with van der Waals surface area (Å²) in [6, 6.07) is 6.45. The van der Waals surface area contributed by atoms with Crippen LogP contribution in [-0.2, 0) is 41.7 Å². The Labute approximate surface area is 298 Å². The molecule has 16 nitrogen and oxygen atoms in total. The van der Waals surface area contributed by atoms with Crippen molar-refractivity contribution in [3.63, 3.8) is 0 Å². The van der Waals surface area contributed by atoms with Crippen LogP contribution in [0, 0.1) is 17.0 Å². The number of hydrogen-bond donors (Lipinski definition) is 6. The number of carboxylic acid groups (broad SMARTS) is 2. The highest BCUT2D eigenvalue weighted by Gasteiger charge is 2.56. The van der Waals surface area contributed by atoms with E-state index in [2.05, 4.69) is 15.4 Å². The van der Waals surface area contributed by atoms with Crippen molar-refractivity contribution in [2.75, 3.05) is 26.2 Å². The molecule has 3 amide bonds. The third-order valence-electron chi connectivity index (χ3n) is 7.92. The molecule has 0 radical (unpaired) electrons. The number of carboxylic acids is 2. The van der Waals surface area contributed by atoms with Crippen molar-refractivity contribution in [3.8, 4) is 0 Å². The molecule has 7 N–H and O–H groups in total. The second-order valence-corrected chi connectivity index (χ2v) is 12.7. The van der Waals surface area contributed by atoms with Crippen molar-refractivity contribution in [1.82, 2.24) is 20.2 Å². The van der Waals surface area contributed by atoms with Gasteiger partial charge in [-0.2, -0.15) is 18.3 Å². The summed E-state index contributed by atoms with van der Waals surface area (Å²) in [5.41, 5.74) is 3.49. The van der Waals surface area contributed by atoms with Gasteiger partial charge in [0.1, 0.15) is 29.6 Å². The minimum absolute atomic E-state index is 0.00697. The minimum Gasteiger partial charge on any atom is -0.479 e. The number of aliphatic carboxylic acids is 2. The number of piperidine rings is 1. The number of nitrogens with two attached hydrogens (primary N) is 1. The molecule has 2 aromatic rings. The summed E-state index contributed by atoms with van der Waals surface area (Å²) < 4.78 is 72.7. The smallest absolute Gasteiger partial charge is 0.408 e. The van der Waals surface area contributed by atoms with Crippen molar-refractivity contribution in [1.29, 1.82) is 0 Å². The maximum Gasteiger partial charge on any atom is 0.408 e. The SMILES string of the molecule is CC(C)(N)C(=O)N[C@H](COCc1ccc(F)cc1F)C(=O)N1CCC2=NN(CC(F)(F)F)C(=O)[C@]2(Cc2ccccn2)C1.O=C(O)[C@H](O)[C@@H](O)C(=O)O. The Balaban J connectivity index is 0.000000661. The molecule has 4 atom stereocenters. The van der Waals surface area contributed by atoms with Gasteiger partial charge in [-0.3, -0.25) is 19.4 Å². The second kappa shape index (κ2) is 17.1. The number of nitrogens with one attached hydrogen (secondary N) is 1. The van der Waals surface area contributed by atoms with Crippen LogP contribution >= 0.6 is 0 Å². The average Bonchev–Trinajstić information content (AvgIpc) is 3.32. The van der Waals surface area contributed by atoms with Crippen LogP contribution in [0.3, 0.4) is 0 Å². The predicted octanol–water partition coefficient (Wildman–Crippen LogP) is 0.198. The number of aromatic nitrogens is 1. The van der Waals surface area contributed by atoms with Gasteiger partial charge in [-0.05, 0) is 32.0 Å². The first-order valence-electron chi connectivity index (χ1n) is 15.6. The Hall–Kier alpha value is -5.12. The summed E-state index contributed by atoms with van der Waals surface area (Å²) >= 11 is 0. The lowest BCUT2D eigenvalue weighted by molar-refractivity contribution is -0.165. The number of rotatable bonds is 13. The number of aliphatic hydroxyl groups is 2. The summed E-state index contributed by atoms with van der Waals surface area (Å²) in [4.78, 5) is 65.1. The van der Waals surface area contributed by atoms with Gasteiger partial charge < -0.3 is 41.1 Å². The maximum absolute atomic E-state index is 14.1. The molecule has 2 aliphatic rings. The molecule has 1 aromatic carbocycles. The van der Waals surface area contributed by atoms with Crippen LogP contribution in [0.5, 0.6) is 0 Å². The third-order valence-corrected chi connectivity index (χ3v) is 7.92. The summed E-state index contributed by atoms with van der Waals surface area (Å²) in [6.07, 6.45) is -7.89. The Morgan fingerprint density at radius 3 is 2.23 bits per heavy atom. The fourth-order valence-corrected chi connectivity index (χ4v) is 5.20. The summed E-state index contributed by atoms with van der Waals surface area (Å²) in [6.45, 7) is 0.0803. The first-order chi connectivity index (χ1) is 24.6. The zero-order valence-corrected chi connectivity index (χ0v) is 28.2. The molecule has 1 aromatic heterocycles. The fourth-order valence-electron chi connectivity index (χ4n) is 5.20. The number of hydrogen-bond acceptors (Lipinski definition) is 11. The number of benzene rings is 1. The van der Waals surface area contributed by atoms with E-state index in [0.717, 1.165) is 6.07 Å². The van der Waals surface area contributed by atoms with Gasteiger partial charge in [0.25, 0.3) is 5.91 Å². The van der Waals surface area contributed by atoms with Gasteiger partial charge >= 0.3 is 18.1 Å². The number of likely N-dealkylation sites (tertiary alicyclic amines) is 1. The Morgan fingerprint density at radius 2 is 1.70 bits per heavy atom. The van der Waals surface area contributed by atoms with Crippen LogP contribution in [0.4, 0.5) is 22.0 Å². The van der Waals surface area contributed by atoms with E-state index in [9.17, 15) is 45.9 Å². The number of nitrogens with zero attached hydrogens (tertiary/aromatic N) is 4. The highest BCUT2D eigenvalue weighted by atomic mass is 19.4. The lowest BCUT2D eigenvalue weighted by Crippen LogP contribution is -2.62. The van der Waals surface area contributed by atoms with Crippen LogP contribution in [0.25, 0.3) is 0 Å². The van der Waals surface area contributed by atoms with Gasteiger partial charge in [0.15, 0.2) is 12.2 Å². The fraction of sp³-hybridized carbons (Fsp3) is 0.469. The number of fused-ring (bicyclic) bond motifs is 1. The number of alkyl halides is 3. The minimum atomic E-state index is -4.71. The third kappa shape index (κ3) is 11.2. The predicted molar refractivity (Wildman–Crippen MR) is 170 cm³/mol. The molecule has 0 aliphatic carbocycles.